The van der Waals surface area contributed by atoms with Gasteiger partial charge in [-0.15, -0.1) is 0 Å². The van der Waals surface area contributed by atoms with E-state index in [1.54, 1.807) is 13.1 Å². The van der Waals surface area contributed by atoms with Crippen molar-refractivity contribution in [3.8, 4) is 0 Å². The summed E-state index contributed by atoms with van der Waals surface area (Å²) in [7, 11) is 0. The predicted molar refractivity (Wildman–Crippen MR) is 101 cm³/mol. The number of piperazine rings is 1. The van der Waals surface area contributed by atoms with Crippen LogP contribution in [0.3, 0.4) is 0 Å². The summed E-state index contributed by atoms with van der Waals surface area (Å²) in [4.78, 5) is 59.0. The zero-order valence-electron chi connectivity index (χ0n) is 16.6. The molecule has 1 aromatic rings. The van der Waals surface area contributed by atoms with Gasteiger partial charge in [-0.3, -0.25) is 19.2 Å². The molecule has 1 saturated heterocycles. The highest BCUT2D eigenvalue weighted by molar-refractivity contribution is 5.94. The summed E-state index contributed by atoms with van der Waals surface area (Å²) in [5.41, 5.74) is 6.17. The minimum absolute atomic E-state index is 0.136. The lowest BCUT2D eigenvalue weighted by Gasteiger charge is -2.43. The summed E-state index contributed by atoms with van der Waals surface area (Å²) in [5.74, 6) is -1.73. The molecular formula is C18H28N6O4. The van der Waals surface area contributed by atoms with Crippen LogP contribution in [0.2, 0.25) is 0 Å². The third-order valence-corrected chi connectivity index (χ3v) is 4.89. The summed E-state index contributed by atoms with van der Waals surface area (Å²) in [6.45, 7) is 7.05. The van der Waals surface area contributed by atoms with Crippen LogP contribution in [0.15, 0.2) is 12.5 Å². The van der Waals surface area contributed by atoms with Gasteiger partial charge in [-0.2, -0.15) is 0 Å². The van der Waals surface area contributed by atoms with Crippen molar-refractivity contribution in [3.05, 3.63) is 18.2 Å². The predicted octanol–water partition coefficient (Wildman–Crippen LogP) is -0.974. The monoisotopic (exact) mass is 392 g/mol. The molecule has 1 aromatic heterocycles. The first-order chi connectivity index (χ1) is 13.1. The zero-order chi connectivity index (χ0) is 21.0. The van der Waals surface area contributed by atoms with E-state index < -0.39 is 24.0 Å². The Morgan fingerprint density at radius 3 is 2.54 bits per heavy atom. The molecule has 2 unspecified atom stereocenters. The summed E-state index contributed by atoms with van der Waals surface area (Å²) in [6, 6.07) is -2.31. The van der Waals surface area contributed by atoms with Crippen LogP contribution in [0.25, 0.3) is 0 Å². The van der Waals surface area contributed by atoms with E-state index in [4.69, 9.17) is 5.73 Å². The first kappa shape index (κ1) is 21.4. The molecule has 2 heterocycles. The molecule has 1 fully saturated rings. The van der Waals surface area contributed by atoms with E-state index in [9.17, 15) is 19.2 Å². The highest BCUT2D eigenvalue weighted by Crippen LogP contribution is 2.20. The molecule has 1 aliphatic rings. The lowest BCUT2D eigenvalue weighted by molar-refractivity contribution is -0.156. The van der Waals surface area contributed by atoms with Crippen LogP contribution >= 0.6 is 0 Å². The molecule has 28 heavy (non-hydrogen) atoms. The second-order valence-electron chi connectivity index (χ2n) is 7.36. The van der Waals surface area contributed by atoms with Crippen molar-refractivity contribution < 1.29 is 19.2 Å². The minimum Gasteiger partial charge on any atom is -0.368 e. The SMILES string of the molecule is CC(=O)NC(Cc1cnc[nH]1)C(=O)N1CCN(C(C(N)=O)C(C)C)C(=O)[C@@H]1C. The van der Waals surface area contributed by atoms with Crippen molar-refractivity contribution in [2.45, 2.75) is 52.2 Å². The number of carbonyl (C=O) groups excluding carboxylic acids is 4. The second kappa shape index (κ2) is 8.85. The van der Waals surface area contributed by atoms with Crippen molar-refractivity contribution in [3.63, 3.8) is 0 Å². The van der Waals surface area contributed by atoms with Gasteiger partial charge in [-0.25, -0.2) is 4.98 Å². The molecule has 0 bridgehead atoms. The number of imidazole rings is 1. The number of nitrogens with two attached hydrogens (primary N) is 1. The van der Waals surface area contributed by atoms with Gasteiger partial charge in [-0.1, -0.05) is 13.8 Å². The number of nitrogens with one attached hydrogen (secondary N) is 2. The third-order valence-electron chi connectivity index (χ3n) is 4.89. The molecule has 154 valence electrons. The Labute approximate surface area is 163 Å². The van der Waals surface area contributed by atoms with Gasteiger partial charge in [0, 0.05) is 38.3 Å². The molecule has 3 atom stereocenters. The number of H-pyrrole nitrogens is 1. The molecule has 4 amide bonds. The van der Waals surface area contributed by atoms with Gasteiger partial charge in [0.2, 0.25) is 23.6 Å². The van der Waals surface area contributed by atoms with Gasteiger partial charge in [0.05, 0.1) is 6.33 Å². The average Bonchev–Trinajstić information content (AvgIpc) is 3.10. The van der Waals surface area contributed by atoms with Gasteiger partial charge in [-0.05, 0) is 12.8 Å². The van der Waals surface area contributed by atoms with E-state index in [0.29, 0.717) is 5.69 Å². The maximum absolute atomic E-state index is 13.1. The van der Waals surface area contributed by atoms with Crippen molar-refractivity contribution in [1.29, 1.82) is 0 Å². The van der Waals surface area contributed by atoms with Crippen LogP contribution in [0.1, 0.15) is 33.4 Å². The summed E-state index contributed by atoms with van der Waals surface area (Å²) < 4.78 is 0. The standard InChI is InChI=1S/C18H28N6O4/c1-10(2)15(16(19)26)24-6-5-23(11(3)17(24)27)18(28)14(22-12(4)25)7-13-8-20-9-21-13/h8-11,14-15H,5-7H2,1-4H3,(H2,19,26)(H,20,21)(H,22,25)/t11-,14?,15?/m0/s1. The lowest BCUT2D eigenvalue weighted by Crippen LogP contribution is -2.65. The third kappa shape index (κ3) is 4.68. The number of aromatic nitrogens is 2. The molecule has 0 saturated carbocycles. The molecule has 10 nitrogen and oxygen atoms in total. The van der Waals surface area contributed by atoms with Gasteiger partial charge in [0.25, 0.3) is 0 Å². The fourth-order valence-electron chi connectivity index (χ4n) is 3.57. The van der Waals surface area contributed by atoms with Gasteiger partial charge >= 0.3 is 0 Å². The number of aromatic amines is 1. The number of nitrogens with zero attached hydrogens (tertiary/aromatic N) is 3. The Kier molecular flexibility index (Phi) is 6.76. The normalized spacial score (nSPS) is 19.5. The Morgan fingerprint density at radius 1 is 1.36 bits per heavy atom. The van der Waals surface area contributed by atoms with E-state index in [1.807, 2.05) is 13.8 Å². The Balaban J connectivity index is 2.17. The molecular weight excluding hydrogens is 364 g/mol. The molecule has 0 spiro atoms. The topological polar surface area (TPSA) is 141 Å². The van der Waals surface area contributed by atoms with Crippen LogP contribution in [0.5, 0.6) is 0 Å². The smallest absolute Gasteiger partial charge is 0.246 e. The fourth-order valence-corrected chi connectivity index (χ4v) is 3.57. The molecule has 0 aromatic carbocycles. The lowest BCUT2D eigenvalue weighted by atomic mass is 9.98. The molecule has 0 aliphatic carbocycles. The first-order valence-corrected chi connectivity index (χ1v) is 9.28. The van der Waals surface area contributed by atoms with Crippen LogP contribution in [-0.2, 0) is 25.6 Å². The summed E-state index contributed by atoms with van der Waals surface area (Å²) in [6.07, 6.45) is 3.30. The van der Waals surface area contributed by atoms with Gasteiger partial charge < -0.3 is 25.8 Å². The maximum Gasteiger partial charge on any atom is 0.246 e. The zero-order valence-corrected chi connectivity index (χ0v) is 16.6. The Hall–Kier alpha value is -2.91. The van der Waals surface area contributed by atoms with Crippen LogP contribution in [-0.4, -0.2) is 74.6 Å². The number of primary amides is 1. The number of hydrogen-bond acceptors (Lipinski definition) is 5. The number of carbonyl (C=O) groups is 4. The van der Waals surface area contributed by atoms with E-state index in [0.717, 1.165) is 0 Å². The van der Waals surface area contributed by atoms with Gasteiger partial charge in [0.15, 0.2) is 0 Å². The highest BCUT2D eigenvalue weighted by atomic mass is 16.2. The van der Waals surface area contributed by atoms with Crippen molar-refractivity contribution in [2.24, 2.45) is 11.7 Å². The van der Waals surface area contributed by atoms with Gasteiger partial charge in [0.1, 0.15) is 18.1 Å². The van der Waals surface area contributed by atoms with Crippen LogP contribution in [0, 0.1) is 5.92 Å². The van der Waals surface area contributed by atoms with Crippen LogP contribution < -0.4 is 11.1 Å². The number of amides is 4. The summed E-state index contributed by atoms with van der Waals surface area (Å²) >= 11 is 0. The molecule has 0 radical (unpaired) electrons. The van der Waals surface area contributed by atoms with E-state index >= 15 is 0 Å². The van der Waals surface area contributed by atoms with E-state index in [2.05, 4.69) is 15.3 Å². The minimum atomic E-state index is -0.822. The molecule has 10 heteroatoms. The van der Waals surface area contributed by atoms with Crippen molar-refractivity contribution >= 4 is 23.6 Å². The summed E-state index contributed by atoms with van der Waals surface area (Å²) in [5, 5.41) is 2.64. The molecule has 1 aliphatic heterocycles. The van der Waals surface area contributed by atoms with Crippen molar-refractivity contribution in [2.75, 3.05) is 13.1 Å². The highest BCUT2D eigenvalue weighted by Gasteiger charge is 2.41. The quantitative estimate of drug-likeness (QED) is 0.547. The molecule has 4 N–H and O–H groups in total. The Morgan fingerprint density at radius 2 is 2.04 bits per heavy atom. The number of rotatable bonds is 7. The Bertz CT molecular complexity index is 732. The molecule has 2 rings (SSSR count). The van der Waals surface area contributed by atoms with Crippen molar-refractivity contribution in [1.82, 2.24) is 25.1 Å². The van der Waals surface area contributed by atoms with E-state index in [-0.39, 0.29) is 43.1 Å². The maximum atomic E-state index is 13.1. The average molecular weight is 392 g/mol. The second-order valence-corrected chi connectivity index (χ2v) is 7.36. The fraction of sp³-hybridized carbons (Fsp3) is 0.611. The van der Waals surface area contributed by atoms with E-state index in [1.165, 1.54) is 23.1 Å². The largest absolute Gasteiger partial charge is 0.368 e. The van der Waals surface area contributed by atoms with Crippen LogP contribution in [0.4, 0.5) is 0 Å². The first-order valence-electron chi connectivity index (χ1n) is 9.28. The number of hydrogen-bond donors (Lipinski definition) is 3.